The molecule has 12 heteroatoms. The highest BCUT2D eigenvalue weighted by Gasteiger charge is 2.30. The Morgan fingerprint density at radius 2 is 1.62 bits per heavy atom. The van der Waals surface area contributed by atoms with Gasteiger partial charge in [-0.3, -0.25) is 14.6 Å². The van der Waals surface area contributed by atoms with E-state index in [1.165, 1.54) is 50.7 Å². The van der Waals surface area contributed by atoms with E-state index in [0.29, 0.717) is 22.4 Å². The maximum atomic E-state index is 14.8. The fourth-order valence-corrected chi connectivity index (χ4v) is 3.62. The molecule has 0 unspecified atom stereocenters. The lowest BCUT2D eigenvalue weighted by Crippen LogP contribution is -2.35. The second-order valence-electron chi connectivity index (χ2n) is 8.12. The molecule has 8 nitrogen and oxygen atoms in total. The van der Waals surface area contributed by atoms with Crippen LogP contribution in [0.5, 0.6) is 23.0 Å². The first-order valence-electron chi connectivity index (χ1n) is 11.3. The average molecular weight is 543 g/mol. The third-order valence-electron chi connectivity index (χ3n) is 5.53. The second kappa shape index (κ2) is 11.3. The molecule has 4 aromatic rings. The molecule has 1 heterocycles. The standard InChI is InChI=1S/C27H21F4N3O5/c1-37-23-12-18-20(13-24(23)38-2)32-9-8-21(18)39-22-7-6-17(11-19(22)28)34-26(36)25(35)33-14-15-4-3-5-16(10-15)27(29,30)31/h3-13H,14H2,1-2H3,(H,33,35)(H,34,36). The van der Waals surface area contributed by atoms with Gasteiger partial charge in [0.15, 0.2) is 23.1 Å². The van der Waals surface area contributed by atoms with Gasteiger partial charge in [0.05, 0.1) is 25.3 Å². The Morgan fingerprint density at radius 1 is 0.872 bits per heavy atom. The van der Waals surface area contributed by atoms with Crippen molar-refractivity contribution in [2.24, 2.45) is 0 Å². The molecule has 0 bridgehead atoms. The van der Waals surface area contributed by atoms with Crippen LogP contribution in [-0.4, -0.2) is 31.0 Å². The number of aromatic nitrogens is 1. The average Bonchev–Trinajstić information content (AvgIpc) is 2.92. The van der Waals surface area contributed by atoms with E-state index >= 15 is 0 Å². The van der Waals surface area contributed by atoms with E-state index in [9.17, 15) is 27.2 Å². The van der Waals surface area contributed by atoms with Gasteiger partial charge >= 0.3 is 18.0 Å². The molecule has 4 rings (SSSR count). The van der Waals surface area contributed by atoms with Crippen LogP contribution in [0, 0.1) is 5.82 Å². The zero-order valence-corrected chi connectivity index (χ0v) is 20.6. The predicted molar refractivity (Wildman–Crippen MR) is 133 cm³/mol. The first kappa shape index (κ1) is 27.2. The summed E-state index contributed by atoms with van der Waals surface area (Å²) < 4.78 is 69.7. The summed E-state index contributed by atoms with van der Waals surface area (Å²) in [4.78, 5) is 28.6. The summed E-state index contributed by atoms with van der Waals surface area (Å²) in [5.74, 6) is -2.07. The molecule has 0 spiro atoms. The highest BCUT2D eigenvalue weighted by Crippen LogP contribution is 2.37. The molecule has 39 heavy (non-hydrogen) atoms. The lowest BCUT2D eigenvalue weighted by atomic mass is 10.1. The van der Waals surface area contributed by atoms with Gasteiger partial charge in [-0.05, 0) is 42.0 Å². The molecule has 0 atom stereocenters. The summed E-state index contributed by atoms with van der Waals surface area (Å²) in [6.45, 7) is -0.312. The van der Waals surface area contributed by atoms with Crippen LogP contribution in [0.4, 0.5) is 23.2 Å². The molecule has 0 aliphatic rings. The number of anilines is 1. The van der Waals surface area contributed by atoms with Crippen LogP contribution in [0.15, 0.2) is 66.9 Å². The fourth-order valence-electron chi connectivity index (χ4n) is 3.62. The van der Waals surface area contributed by atoms with Gasteiger partial charge in [0.1, 0.15) is 5.75 Å². The van der Waals surface area contributed by atoms with Crippen LogP contribution in [-0.2, 0) is 22.3 Å². The zero-order valence-electron chi connectivity index (χ0n) is 20.6. The number of ether oxygens (including phenoxy) is 3. The Kier molecular flexibility index (Phi) is 7.84. The molecule has 3 aromatic carbocycles. The van der Waals surface area contributed by atoms with Crippen molar-refractivity contribution < 1.29 is 41.4 Å². The van der Waals surface area contributed by atoms with E-state index in [1.54, 1.807) is 12.1 Å². The van der Waals surface area contributed by atoms with E-state index < -0.39 is 29.4 Å². The van der Waals surface area contributed by atoms with E-state index in [-0.39, 0.29) is 29.3 Å². The highest BCUT2D eigenvalue weighted by atomic mass is 19.4. The summed E-state index contributed by atoms with van der Waals surface area (Å²) in [5.41, 5.74) is -0.246. The minimum Gasteiger partial charge on any atom is -0.493 e. The molecule has 202 valence electrons. The molecule has 2 N–H and O–H groups in total. The number of rotatable bonds is 7. The normalized spacial score (nSPS) is 11.1. The predicted octanol–water partition coefficient (Wildman–Crippen LogP) is 5.46. The summed E-state index contributed by atoms with van der Waals surface area (Å²) in [6.07, 6.45) is -3.06. The van der Waals surface area contributed by atoms with Crippen LogP contribution >= 0.6 is 0 Å². The van der Waals surface area contributed by atoms with Gasteiger partial charge in [-0.15, -0.1) is 0 Å². The topological polar surface area (TPSA) is 98.8 Å². The van der Waals surface area contributed by atoms with Crippen LogP contribution in [0.25, 0.3) is 10.9 Å². The number of nitrogens with zero attached hydrogens (tertiary/aromatic N) is 1. The number of amides is 2. The van der Waals surface area contributed by atoms with Crippen molar-refractivity contribution in [3.63, 3.8) is 0 Å². The number of methoxy groups -OCH3 is 2. The third-order valence-corrected chi connectivity index (χ3v) is 5.53. The molecule has 1 aromatic heterocycles. The summed E-state index contributed by atoms with van der Waals surface area (Å²) in [6, 6.07) is 12.7. The maximum absolute atomic E-state index is 14.8. The molecular weight excluding hydrogens is 522 g/mol. The number of hydrogen-bond acceptors (Lipinski definition) is 6. The maximum Gasteiger partial charge on any atom is 0.416 e. The van der Waals surface area contributed by atoms with Crippen molar-refractivity contribution >= 4 is 28.4 Å². The second-order valence-corrected chi connectivity index (χ2v) is 8.12. The first-order valence-corrected chi connectivity index (χ1v) is 11.3. The number of carbonyl (C=O) groups excluding carboxylic acids is 2. The smallest absolute Gasteiger partial charge is 0.416 e. The number of carbonyl (C=O) groups is 2. The molecule has 0 fully saturated rings. The van der Waals surface area contributed by atoms with Crippen LogP contribution < -0.4 is 24.8 Å². The summed E-state index contributed by atoms with van der Waals surface area (Å²) >= 11 is 0. The van der Waals surface area contributed by atoms with Crippen molar-refractivity contribution in [3.05, 3.63) is 83.8 Å². The quantitative estimate of drug-likeness (QED) is 0.237. The Morgan fingerprint density at radius 3 is 2.31 bits per heavy atom. The minimum atomic E-state index is -4.54. The van der Waals surface area contributed by atoms with Crippen molar-refractivity contribution in [2.45, 2.75) is 12.7 Å². The number of alkyl halides is 3. The van der Waals surface area contributed by atoms with Gasteiger partial charge in [-0.2, -0.15) is 13.2 Å². The van der Waals surface area contributed by atoms with Crippen LogP contribution in [0.1, 0.15) is 11.1 Å². The minimum absolute atomic E-state index is 0.0370. The van der Waals surface area contributed by atoms with Gasteiger partial charge in [0.25, 0.3) is 0 Å². The van der Waals surface area contributed by atoms with Crippen molar-refractivity contribution in [1.29, 1.82) is 0 Å². The molecule has 0 saturated carbocycles. The van der Waals surface area contributed by atoms with Gasteiger partial charge in [-0.25, -0.2) is 4.39 Å². The summed E-state index contributed by atoms with van der Waals surface area (Å²) in [5, 5.41) is 5.00. The largest absolute Gasteiger partial charge is 0.493 e. The molecule has 2 amide bonds. The third kappa shape index (κ3) is 6.35. The van der Waals surface area contributed by atoms with Gasteiger partial charge in [0, 0.05) is 35.9 Å². The Bertz CT molecular complexity index is 1540. The number of benzene rings is 3. The molecular formula is C27H21F4N3O5. The molecule has 0 aliphatic heterocycles. The molecule has 0 saturated heterocycles. The van der Waals surface area contributed by atoms with E-state index in [2.05, 4.69) is 15.6 Å². The van der Waals surface area contributed by atoms with Gasteiger partial charge in [0.2, 0.25) is 0 Å². The van der Waals surface area contributed by atoms with Gasteiger partial charge in [-0.1, -0.05) is 12.1 Å². The SMILES string of the molecule is COc1cc2nccc(Oc3ccc(NC(=O)C(=O)NCc4cccc(C(F)(F)F)c4)cc3F)c2cc1OC. The van der Waals surface area contributed by atoms with E-state index in [0.717, 1.165) is 18.2 Å². The lowest BCUT2D eigenvalue weighted by molar-refractivity contribution is -0.137. The number of pyridine rings is 1. The Balaban J connectivity index is 1.42. The highest BCUT2D eigenvalue weighted by molar-refractivity contribution is 6.39. The van der Waals surface area contributed by atoms with Crippen LogP contribution in [0.3, 0.4) is 0 Å². The van der Waals surface area contributed by atoms with Crippen molar-refractivity contribution in [3.8, 4) is 23.0 Å². The summed E-state index contributed by atoms with van der Waals surface area (Å²) in [7, 11) is 2.96. The fraction of sp³-hybridized carbons (Fsp3) is 0.148. The number of hydrogen-bond donors (Lipinski definition) is 2. The van der Waals surface area contributed by atoms with Gasteiger partial charge < -0.3 is 24.8 Å². The zero-order chi connectivity index (χ0) is 28.2. The number of nitrogens with one attached hydrogen (secondary N) is 2. The Labute approximate surface area is 219 Å². The van der Waals surface area contributed by atoms with E-state index in [1.807, 2.05) is 0 Å². The van der Waals surface area contributed by atoms with Crippen LogP contribution in [0.2, 0.25) is 0 Å². The molecule has 0 radical (unpaired) electrons. The molecule has 0 aliphatic carbocycles. The number of fused-ring (bicyclic) bond motifs is 1. The van der Waals surface area contributed by atoms with Crippen molar-refractivity contribution in [2.75, 3.05) is 19.5 Å². The van der Waals surface area contributed by atoms with Crippen molar-refractivity contribution in [1.82, 2.24) is 10.3 Å². The number of halogens is 4. The monoisotopic (exact) mass is 543 g/mol. The first-order chi connectivity index (χ1) is 18.6. The van der Waals surface area contributed by atoms with E-state index in [4.69, 9.17) is 14.2 Å². The lowest BCUT2D eigenvalue weighted by Gasteiger charge is -2.13. The Hall–Kier alpha value is -4.87.